The Bertz CT molecular complexity index is 569. The van der Waals surface area contributed by atoms with Crippen molar-refractivity contribution in [2.24, 2.45) is 12.9 Å². The summed E-state index contributed by atoms with van der Waals surface area (Å²) in [4.78, 5) is 4.55. The first kappa shape index (κ1) is 14.3. The van der Waals surface area contributed by atoms with Crippen molar-refractivity contribution >= 4 is 0 Å². The standard InChI is InChI=1S/C17H24N4/c1-21-13-12-19-16(21)15(20-18)17(10-6-3-7-11-17)14-8-4-2-5-9-14/h2,4-5,8-9,12-13,15,20H,3,6-7,10-11,18H2,1H3. The maximum atomic E-state index is 5.98. The Balaban J connectivity index is 2.08. The molecule has 1 aromatic carbocycles. The van der Waals surface area contributed by atoms with Crippen LogP contribution in [0, 0.1) is 0 Å². The van der Waals surface area contributed by atoms with Crippen molar-refractivity contribution in [3.05, 3.63) is 54.1 Å². The predicted octanol–water partition coefficient (Wildman–Crippen LogP) is 2.83. The fourth-order valence-electron chi connectivity index (χ4n) is 3.83. The SMILES string of the molecule is Cn1ccnc1C(NN)C1(c2ccccc2)CCCCC1. The number of benzene rings is 1. The topological polar surface area (TPSA) is 55.9 Å². The van der Waals surface area contributed by atoms with E-state index in [9.17, 15) is 0 Å². The third kappa shape index (κ3) is 2.49. The molecule has 1 aliphatic carbocycles. The first-order valence-electron chi connectivity index (χ1n) is 7.77. The van der Waals surface area contributed by atoms with E-state index < -0.39 is 0 Å². The van der Waals surface area contributed by atoms with Gasteiger partial charge in [0.2, 0.25) is 0 Å². The Morgan fingerprint density at radius 1 is 1.19 bits per heavy atom. The Morgan fingerprint density at radius 2 is 1.90 bits per heavy atom. The number of rotatable bonds is 4. The average Bonchev–Trinajstić information content (AvgIpc) is 2.96. The van der Waals surface area contributed by atoms with E-state index in [2.05, 4.69) is 45.3 Å². The van der Waals surface area contributed by atoms with E-state index in [-0.39, 0.29) is 11.5 Å². The van der Waals surface area contributed by atoms with Gasteiger partial charge in [0.25, 0.3) is 0 Å². The first-order valence-corrected chi connectivity index (χ1v) is 7.77. The van der Waals surface area contributed by atoms with E-state index in [0.717, 1.165) is 18.7 Å². The molecule has 3 rings (SSSR count). The number of aromatic nitrogens is 2. The molecular weight excluding hydrogens is 260 g/mol. The van der Waals surface area contributed by atoms with Crippen molar-refractivity contribution in [3.8, 4) is 0 Å². The highest BCUT2D eigenvalue weighted by molar-refractivity contribution is 5.30. The van der Waals surface area contributed by atoms with Crippen LogP contribution in [-0.2, 0) is 12.5 Å². The zero-order chi connectivity index (χ0) is 14.7. The van der Waals surface area contributed by atoms with E-state index >= 15 is 0 Å². The lowest BCUT2D eigenvalue weighted by atomic mass is 9.64. The summed E-state index contributed by atoms with van der Waals surface area (Å²) < 4.78 is 2.07. The molecular formula is C17H24N4. The van der Waals surface area contributed by atoms with Crippen molar-refractivity contribution in [1.82, 2.24) is 15.0 Å². The lowest BCUT2D eigenvalue weighted by molar-refractivity contribution is 0.205. The molecule has 4 heteroatoms. The maximum Gasteiger partial charge on any atom is 0.127 e. The third-order valence-electron chi connectivity index (χ3n) is 4.93. The van der Waals surface area contributed by atoms with Crippen LogP contribution in [0.4, 0.5) is 0 Å². The summed E-state index contributed by atoms with van der Waals surface area (Å²) in [6, 6.07) is 10.8. The van der Waals surface area contributed by atoms with Gasteiger partial charge < -0.3 is 4.57 Å². The second-order valence-electron chi connectivity index (χ2n) is 6.08. The van der Waals surface area contributed by atoms with Crippen molar-refractivity contribution in [3.63, 3.8) is 0 Å². The van der Waals surface area contributed by atoms with Gasteiger partial charge in [0, 0.05) is 24.9 Å². The van der Waals surface area contributed by atoms with E-state index in [1.165, 1.54) is 24.8 Å². The Hall–Kier alpha value is -1.65. The number of nitrogens with one attached hydrogen (secondary N) is 1. The highest BCUT2D eigenvalue weighted by Gasteiger charge is 2.43. The molecule has 112 valence electrons. The van der Waals surface area contributed by atoms with E-state index in [4.69, 9.17) is 5.84 Å². The summed E-state index contributed by atoms with van der Waals surface area (Å²) >= 11 is 0. The number of nitrogens with two attached hydrogens (primary N) is 1. The summed E-state index contributed by atoms with van der Waals surface area (Å²) in [6.45, 7) is 0. The molecule has 1 atom stereocenters. The van der Waals surface area contributed by atoms with Crippen LogP contribution in [0.2, 0.25) is 0 Å². The molecule has 1 saturated carbocycles. The summed E-state index contributed by atoms with van der Waals surface area (Å²) in [5.41, 5.74) is 4.48. The number of aryl methyl sites for hydroxylation is 1. The monoisotopic (exact) mass is 284 g/mol. The molecule has 0 saturated heterocycles. The van der Waals surface area contributed by atoms with Gasteiger partial charge >= 0.3 is 0 Å². The molecule has 0 amide bonds. The van der Waals surface area contributed by atoms with Crippen LogP contribution in [0.1, 0.15) is 49.5 Å². The summed E-state index contributed by atoms with van der Waals surface area (Å²) in [7, 11) is 2.04. The molecule has 0 aliphatic heterocycles. The molecule has 1 fully saturated rings. The summed E-state index contributed by atoms with van der Waals surface area (Å²) in [6.07, 6.45) is 9.95. The number of imidazole rings is 1. The minimum Gasteiger partial charge on any atom is -0.337 e. The maximum absolute atomic E-state index is 5.98. The molecule has 0 spiro atoms. The van der Waals surface area contributed by atoms with E-state index in [1.807, 2.05) is 19.4 Å². The van der Waals surface area contributed by atoms with Crippen molar-refractivity contribution in [2.75, 3.05) is 0 Å². The number of nitrogens with zero attached hydrogens (tertiary/aromatic N) is 2. The van der Waals surface area contributed by atoms with Crippen molar-refractivity contribution in [2.45, 2.75) is 43.6 Å². The molecule has 3 N–H and O–H groups in total. The molecule has 1 aliphatic rings. The predicted molar refractivity (Wildman–Crippen MR) is 84.5 cm³/mol. The van der Waals surface area contributed by atoms with Crippen LogP contribution in [0.25, 0.3) is 0 Å². The molecule has 1 unspecified atom stereocenters. The molecule has 2 aromatic rings. The smallest absolute Gasteiger partial charge is 0.127 e. The van der Waals surface area contributed by atoms with Crippen molar-refractivity contribution in [1.29, 1.82) is 0 Å². The van der Waals surface area contributed by atoms with Gasteiger partial charge in [-0.1, -0.05) is 49.6 Å². The Labute approximate surface area is 126 Å². The highest BCUT2D eigenvalue weighted by Crippen LogP contribution is 2.47. The van der Waals surface area contributed by atoms with Gasteiger partial charge in [-0.3, -0.25) is 5.84 Å². The lowest BCUT2D eigenvalue weighted by Gasteiger charge is -2.43. The van der Waals surface area contributed by atoms with Crippen molar-refractivity contribution < 1.29 is 0 Å². The molecule has 1 aromatic heterocycles. The van der Waals surface area contributed by atoms with Crippen LogP contribution in [0.5, 0.6) is 0 Å². The lowest BCUT2D eigenvalue weighted by Crippen LogP contribution is -2.47. The Kier molecular flexibility index (Phi) is 4.08. The van der Waals surface area contributed by atoms with Crippen LogP contribution >= 0.6 is 0 Å². The number of hydrogen-bond acceptors (Lipinski definition) is 3. The fraction of sp³-hybridized carbons (Fsp3) is 0.471. The van der Waals surface area contributed by atoms with Gasteiger partial charge in [0.15, 0.2) is 0 Å². The van der Waals surface area contributed by atoms with E-state index in [1.54, 1.807) is 0 Å². The second-order valence-corrected chi connectivity index (χ2v) is 6.08. The van der Waals surface area contributed by atoms with Crippen LogP contribution in [-0.4, -0.2) is 9.55 Å². The normalized spacial score (nSPS) is 19.3. The molecule has 0 bridgehead atoms. The summed E-state index contributed by atoms with van der Waals surface area (Å²) in [5.74, 6) is 7.00. The fourth-order valence-corrected chi connectivity index (χ4v) is 3.83. The van der Waals surface area contributed by atoms with Gasteiger partial charge in [-0.25, -0.2) is 10.4 Å². The minimum atomic E-state index is 0.0351. The molecule has 4 nitrogen and oxygen atoms in total. The molecule has 1 heterocycles. The Morgan fingerprint density at radius 3 is 2.48 bits per heavy atom. The minimum absolute atomic E-state index is 0.0351. The third-order valence-corrected chi connectivity index (χ3v) is 4.93. The van der Waals surface area contributed by atoms with Crippen LogP contribution in [0.15, 0.2) is 42.7 Å². The van der Waals surface area contributed by atoms with Gasteiger partial charge in [0.05, 0.1) is 6.04 Å². The zero-order valence-electron chi connectivity index (χ0n) is 12.6. The van der Waals surface area contributed by atoms with E-state index in [0.29, 0.717) is 0 Å². The number of hydrazine groups is 1. The quantitative estimate of drug-likeness (QED) is 0.670. The van der Waals surface area contributed by atoms with Crippen LogP contribution in [0.3, 0.4) is 0 Å². The average molecular weight is 284 g/mol. The second kappa shape index (κ2) is 6.00. The molecule has 0 radical (unpaired) electrons. The molecule has 21 heavy (non-hydrogen) atoms. The van der Waals surface area contributed by atoms with Gasteiger partial charge in [-0.05, 0) is 18.4 Å². The van der Waals surface area contributed by atoms with Gasteiger partial charge in [0.1, 0.15) is 5.82 Å². The largest absolute Gasteiger partial charge is 0.337 e. The zero-order valence-corrected chi connectivity index (χ0v) is 12.6. The first-order chi connectivity index (χ1) is 10.3. The van der Waals surface area contributed by atoms with Gasteiger partial charge in [-0.15, -0.1) is 0 Å². The number of hydrogen-bond donors (Lipinski definition) is 2. The summed E-state index contributed by atoms with van der Waals surface area (Å²) in [5, 5.41) is 0. The van der Waals surface area contributed by atoms with Crippen LogP contribution < -0.4 is 11.3 Å². The van der Waals surface area contributed by atoms with Gasteiger partial charge in [-0.2, -0.15) is 0 Å². The highest BCUT2D eigenvalue weighted by atomic mass is 15.3.